The number of fused-ring (bicyclic) bond motifs is 2. The number of aromatic amines is 1. The van der Waals surface area contributed by atoms with Crippen molar-refractivity contribution in [3.8, 4) is 22.6 Å². The predicted molar refractivity (Wildman–Crippen MR) is 127 cm³/mol. The lowest BCUT2D eigenvalue weighted by atomic mass is 9.98. The fourth-order valence-corrected chi connectivity index (χ4v) is 4.19. The molecular formula is C23H16ClN9. The van der Waals surface area contributed by atoms with Crippen LogP contribution in [-0.4, -0.2) is 41.8 Å². The molecule has 0 unspecified atom stereocenters. The molecule has 33 heavy (non-hydrogen) atoms. The molecular weight excluding hydrogens is 438 g/mol. The summed E-state index contributed by atoms with van der Waals surface area (Å²) in [6.45, 7) is 0.477. The molecule has 10 heteroatoms. The third-order valence-corrected chi connectivity index (χ3v) is 5.80. The van der Waals surface area contributed by atoms with Crippen LogP contribution < -0.4 is 5.32 Å². The normalized spacial score (nSPS) is 12.3. The predicted octanol–water partition coefficient (Wildman–Crippen LogP) is 4.40. The first-order valence-electron chi connectivity index (χ1n) is 10.3. The van der Waals surface area contributed by atoms with Crippen molar-refractivity contribution in [3.63, 3.8) is 0 Å². The van der Waals surface area contributed by atoms with Gasteiger partial charge in [0.15, 0.2) is 5.82 Å². The maximum absolute atomic E-state index is 6.49. The Morgan fingerprint density at radius 1 is 1.03 bits per heavy atom. The Hall–Kier alpha value is -4.24. The van der Waals surface area contributed by atoms with Crippen LogP contribution in [-0.2, 0) is 13.0 Å². The highest BCUT2D eigenvalue weighted by Crippen LogP contribution is 2.35. The van der Waals surface area contributed by atoms with Gasteiger partial charge >= 0.3 is 0 Å². The van der Waals surface area contributed by atoms with Gasteiger partial charge in [0, 0.05) is 35.7 Å². The van der Waals surface area contributed by atoms with E-state index >= 15 is 0 Å². The summed E-state index contributed by atoms with van der Waals surface area (Å²) in [4.78, 5) is 18.1. The summed E-state index contributed by atoms with van der Waals surface area (Å²) in [6.07, 6.45) is 4.11. The number of pyridine rings is 1. The van der Waals surface area contributed by atoms with Gasteiger partial charge in [0.1, 0.15) is 12.0 Å². The minimum Gasteiger partial charge on any atom is -0.364 e. The summed E-state index contributed by atoms with van der Waals surface area (Å²) in [7, 11) is 0. The molecule has 1 aliphatic heterocycles. The standard InChI is InChI=1S/C23H16ClN9/c24-17-7-3-4-13-10-14(11-26-23-21-18(8-9-25-21)27-12-28-23)19(29-20(13)17)15-5-1-2-6-16(15)22-30-32-33-31-22/h1-7,9-10,12H,8,11H2,(H,26,27,28)(H,30,31,32,33). The molecule has 5 aromatic rings. The van der Waals surface area contributed by atoms with Crippen molar-refractivity contribution in [2.45, 2.75) is 13.0 Å². The highest BCUT2D eigenvalue weighted by Gasteiger charge is 2.18. The lowest BCUT2D eigenvalue weighted by molar-refractivity contribution is 0.881. The van der Waals surface area contributed by atoms with Crippen LogP contribution in [0.1, 0.15) is 11.3 Å². The second kappa shape index (κ2) is 8.03. The van der Waals surface area contributed by atoms with Crippen LogP contribution in [0.4, 0.5) is 11.5 Å². The van der Waals surface area contributed by atoms with E-state index in [9.17, 15) is 0 Å². The smallest absolute Gasteiger partial charge is 0.205 e. The molecule has 4 heterocycles. The zero-order valence-electron chi connectivity index (χ0n) is 17.2. The Morgan fingerprint density at radius 3 is 2.82 bits per heavy atom. The van der Waals surface area contributed by atoms with Gasteiger partial charge in [0.2, 0.25) is 5.82 Å². The molecule has 9 nitrogen and oxygen atoms in total. The van der Waals surface area contributed by atoms with Crippen LogP contribution in [0.3, 0.4) is 0 Å². The topological polar surface area (TPSA) is 118 Å². The number of benzene rings is 2. The maximum atomic E-state index is 6.49. The molecule has 0 radical (unpaired) electrons. The molecule has 2 N–H and O–H groups in total. The van der Waals surface area contributed by atoms with Gasteiger partial charge in [0.05, 0.1) is 21.9 Å². The number of tetrazole rings is 1. The van der Waals surface area contributed by atoms with Gasteiger partial charge < -0.3 is 5.32 Å². The fourth-order valence-electron chi connectivity index (χ4n) is 3.97. The zero-order chi connectivity index (χ0) is 22.2. The molecule has 3 aromatic heterocycles. The first kappa shape index (κ1) is 19.4. The average Bonchev–Trinajstić information content (AvgIpc) is 3.55. The van der Waals surface area contributed by atoms with Gasteiger partial charge in [-0.15, -0.1) is 10.2 Å². The van der Waals surface area contributed by atoms with E-state index in [2.05, 4.69) is 47.0 Å². The van der Waals surface area contributed by atoms with Crippen LogP contribution in [0.5, 0.6) is 0 Å². The second-order valence-electron chi connectivity index (χ2n) is 7.48. The fraction of sp³-hybridized carbons (Fsp3) is 0.0870. The number of para-hydroxylation sites is 1. The van der Waals surface area contributed by atoms with Gasteiger partial charge in [-0.1, -0.05) is 48.0 Å². The molecule has 0 atom stereocenters. The van der Waals surface area contributed by atoms with Crippen molar-refractivity contribution in [2.75, 3.05) is 5.32 Å². The largest absolute Gasteiger partial charge is 0.364 e. The van der Waals surface area contributed by atoms with Crippen molar-refractivity contribution in [1.29, 1.82) is 0 Å². The van der Waals surface area contributed by atoms with E-state index in [1.54, 1.807) is 6.33 Å². The Bertz CT molecular complexity index is 1510. The summed E-state index contributed by atoms with van der Waals surface area (Å²) in [5.74, 6) is 1.19. The highest BCUT2D eigenvalue weighted by molar-refractivity contribution is 6.35. The van der Waals surface area contributed by atoms with Crippen LogP contribution in [0, 0.1) is 0 Å². The molecule has 0 saturated carbocycles. The number of aliphatic imine (C=N–C) groups is 1. The van der Waals surface area contributed by atoms with Crippen LogP contribution in [0.2, 0.25) is 5.02 Å². The van der Waals surface area contributed by atoms with Gasteiger partial charge in [0.25, 0.3) is 0 Å². The molecule has 0 fully saturated rings. The number of H-pyrrole nitrogens is 1. The number of aromatic nitrogens is 7. The van der Waals surface area contributed by atoms with E-state index in [-0.39, 0.29) is 0 Å². The number of halogens is 1. The van der Waals surface area contributed by atoms with Gasteiger partial charge in [-0.25, -0.2) is 15.0 Å². The van der Waals surface area contributed by atoms with Crippen molar-refractivity contribution in [3.05, 3.63) is 71.1 Å². The molecule has 0 bridgehead atoms. The Balaban J connectivity index is 1.49. The van der Waals surface area contributed by atoms with E-state index in [0.717, 1.165) is 44.7 Å². The SMILES string of the molecule is Clc1cccc2cc(CNc3ncnc4c3N=CC4)c(-c3ccccc3-c3nn[nH]n3)nc12. The van der Waals surface area contributed by atoms with Crippen molar-refractivity contribution in [2.24, 2.45) is 4.99 Å². The number of nitrogens with one attached hydrogen (secondary N) is 2. The van der Waals surface area contributed by atoms with Gasteiger partial charge in [-0.05, 0) is 22.9 Å². The first-order valence-corrected chi connectivity index (χ1v) is 10.7. The lowest BCUT2D eigenvalue weighted by Gasteiger charge is -2.15. The molecule has 0 aliphatic carbocycles. The Kier molecular flexibility index (Phi) is 4.73. The van der Waals surface area contributed by atoms with Crippen molar-refractivity contribution < 1.29 is 0 Å². The number of nitrogens with zero attached hydrogens (tertiary/aromatic N) is 7. The second-order valence-corrected chi connectivity index (χ2v) is 7.88. The summed E-state index contributed by atoms with van der Waals surface area (Å²) >= 11 is 6.49. The summed E-state index contributed by atoms with van der Waals surface area (Å²) < 4.78 is 0. The summed E-state index contributed by atoms with van der Waals surface area (Å²) in [6, 6.07) is 15.7. The van der Waals surface area contributed by atoms with Gasteiger partial charge in [-0.2, -0.15) is 5.21 Å². The Labute approximate surface area is 193 Å². The minimum atomic E-state index is 0.477. The summed E-state index contributed by atoms with van der Waals surface area (Å²) in [5.41, 5.74) is 5.87. The van der Waals surface area contributed by atoms with Crippen LogP contribution in [0.15, 0.2) is 59.9 Å². The molecule has 1 aliphatic rings. The molecule has 2 aromatic carbocycles. The number of hydrogen-bond acceptors (Lipinski definition) is 8. The molecule has 0 amide bonds. The first-order chi connectivity index (χ1) is 16.3. The summed E-state index contributed by atoms with van der Waals surface area (Å²) in [5, 5.41) is 19.5. The van der Waals surface area contributed by atoms with E-state index in [4.69, 9.17) is 16.6 Å². The van der Waals surface area contributed by atoms with Crippen LogP contribution in [0.25, 0.3) is 33.5 Å². The zero-order valence-corrected chi connectivity index (χ0v) is 18.0. The third kappa shape index (κ3) is 3.48. The Morgan fingerprint density at radius 2 is 1.94 bits per heavy atom. The van der Waals surface area contributed by atoms with Gasteiger partial charge in [-0.3, -0.25) is 4.99 Å². The molecule has 0 saturated heterocycles. The minimum absolute atomic E-state index is 0.477. The van der Waals surface area contributed by atoms with Crippen molar-refractivity contribution >= 4 is 40.2 Å². The molecule has 6 rings (SSSR count). The number of rotatable bonds is 5. The monoisotopic (exact) mass is 453 g/mol. The van der Waals surface area contributed by atoms with Crippen LogP contribution >= 0.6 is 11.6 Å². The van der Waals surface area contributed by atoms with E-state index in [1.165, 1.54) is 0 Å². The molecule has 160 valence electrons. The number of anilines is 1. The highest BCUT2D eigenvalue weighted by atomic mass is 35.5. The van der Waals surface area contributed by atoms with Crippen molar-refractivity contribution in [1.82, 2.24) is 35.6 Å². The van der Waals surface area contributed by atoms with E-state index < -0.39 is 0 Å². The maximum Gasteiger partial charge on any atom is 0.205 e. The average molecular weight is 454 g/mol. The number of hydrogen-bond donors (Lipinski definition) is 2. The quantitative estimate of drug-likeness (QED) is 0.405. The third-order valence-electron chi connectivity index (χ3n) is 5.49. The van der Waals surface area contributed by atoms with E-state index in [1.807, 2.05) is 48.7 Å². The molecule has 0 spiro atoms. The lowest BCUT2D eigenvalue weighted by Crippen LogP contribution is -2.06. The van der Waals surface area contributed by atoms with E-state index in [0.29, 0.717) is 29.6 Å².